The molecule has 0 spiro atoms. The van der Waals surface area contributed by atoms with Crippen LogP contribution in [-0.2, 0) is 9.53 Å². The van der Waals surface area contributed by atoms with Gasteiger partial charge >= 0.3 is 6.09 Å². The van der Waals surface area contributed by atoms with Crippen LogP contribution in [0.1, 0.15) is 5.56 Å². The van der Waals surface area contributed by atoms with Gasteiger partial charge in [-0.25, -0.2) is 4.79 Å². The highest BCUT2D eigenvalue weighted by molar-refractivity contribution is 5.92. The minimum absolute atomic E-state index is 0.154. The molecule has 0 aromatic heterocycles. The van der Waals surface area contributed by atoms with E-state index in [-0.39, 0.29) is 19.2 Å². The lowest BCUT2D eigenvalue weighted by atomic mass is 10.1. The monoisotopic (exact) mass is 456 g/mol. The fraction of sp³-hybridized carbons (Fsp3) is 0.304. The fourth-order valence-electron chi connectivity index (χ4n) is 3.53. The molecule has 1 unspecified atom stereocenters. The normalized spacial score (nSPS) is 16.6. The molecule has 2 aromatic rings. The summed E-state index contributed by atoms with van der Waals surface area (Å²) in [5.74, 6) is 2.32. The van der Waals surface area contributed by atoms with Crippen LogP contribution in [-0.4, -0.2) is 59.3 Å². The molecule has 1 saturated heterocycles. The first-order valence-electron chi connectivity index (χ1n) is 10.2. The summed E-state index contributed by atoms with van der Waals surface area (Å²) in [5.41, 5.74) is 1.33. The standard InChI is InChI=1S/C23H24N2O8/c1-28-19-8-14(9-20(29-2)22(19)30-3)4-7-21(26)24-11-16-12-25(23(27)33-16)15-5-6-17-18(10-15)32-13-31-17/h4-10,16H,11-13H2,1-3H3,(H,24,26). The van der Waals surface area contributed by atoms with Crippen LogP contribution in [0, 0.1) is 0 Å². The average Bonchev–Trinajstić information content (AvgIpc) is 3.46. The van der Waals surface area contributed by atoms with Crippen molar-refractivity contribution < 1.29 is 38.0 Å². The lowest BCUT2D eigenvalue weighted by Gasteiger charge is -2.13. The highest BCUT2D eigenvalue weighted by Crippen LogP contribution is 2.38. The van der Waals surface area contributed by atoms with E-state index in [0.29, 0.717) is 46.5 Å². The van der Waals surface area contributed by atoms with Gasteiger partial charge in [0.25, 0.3) is 0 Å². The second-order valence-electron chi connectivity index (χ2n) is 7.19. The molecule has 2 aromatic carbocycles. The van der Waals surface area contributed by atoms with Crippen molar-refractivity contribution in [1.29, 1.82) is 0 Å². The average molecular weight is 456 g/mol. The Hall–Kier alpha value is -4.08. The number of carbonyl (C=O) groups excluding carboxylic acids is 2. The van der Waals surface area contributed by atoms with Gasteiger partial charge in [0.15, 0.2) is 23.0 Å². The number of amides is 2. The number of cyclic esters (lactones) is 1. The first-order valence-corrected chi connectivity index (χ1v) is 10.2. The smallest absolute Gasteiger partial charge is 0.414 e. The summed E-state index contributed by atoms with van der Waals surface area (Å²) in [6, 6.07) is 8.69. The first-order chi connectivity index (χ1) is 16.0. The van der Waals surface area contributed by atoms with E-state index in [4.69, 9.17) is 28.4 Å². The van der Waals surface area contributed by atoms with Crippen LogP contribution in [0.15, 0.2) is 36.4 Å². The summed E-state index contributed by atoms with van der Waals surface area (Å²) in [5, 5.41) is 2.75. The fourth-order valence-corrected chi connectivity index (χ4v) is 3.53. The van der Waals surface area contributed by atoms with Gasteiger partial charge in [-0.1, -0.05) is 0 Å². The molecule has 2 heterocycles. The number of carbonyl (C=O) groups is 2. The Bertz CT molecular complexity index is 1060. The van der Waals surface area contributed by atoms with Gasteiger partial charge in [0.05, 0.1) is 40.1 Å². The van der Waals surface area contributed by atoms with E-state index in [9.17, 15) is 9.59 Å². The van der Waals surface area contributed by atoms with E-state index in [1.807, 2.05) is 0 Å². The van der Waals surface area contributed by atoms with Crippen molar-refractivity contribution in [1.82, 2.24) is 5.32 Å². The van der Waals surface area contributed by atoms with Crippen molar-refractivity contribution in [2.45, 2.75) is 6.10 Å². The van der Waals surface area contributed by atoms with Crippen molar-refractivity contribution in [3.63, 3.8) is 0 Å². The van der Waals surface area contributed by atoms with E-state index in [1.165, 1.54) is 32.3 Å². The number of methoxy groups -OCH3 is 3. The Morgan fingerprint density at radius 1 is 1.09 bits per heavy atom. The van der Waals surface area contributed by atoms with Crippen LogP contribution in [0.5, 0.6) is 28.7 Å². The minimum Gasteiger partial charge on any atom is -0.493 e. The number of anilines is 1. The second-order valence-corrected chi connectivity index (χ2v) is 7.19. The predicted octanol–water partition coefficient (Wildman–Crippen LogP) is 2.60. The number of nitrogens with zero attached hydrogens (tertiary/aromatic N) is 1. The van der Waals surface area contributed by atoms with Crippen LogP contribution in [0.3, 0.4) is 0 Å². The Morgan fingerprint density at radius 2 is 1.82 bits per heavy atom. The molecule has 10 heteroatoms. The van der Waals surface area contributed by atoms with Crippen LogP contribution in [0.2, 0.25) is 0 Å². The molecule has 174 valence electrons. The maximum atomic E-state index is 12.3. The molecule has 1 fully saturated rings. The van der Waals surface area contributed by atoms with Crippen LogP contribution in [0.25, 0.3) is 6.08 Å². The number of rotatable bonds is 8. The third-order valence-corrected chi connectivity index (χ3v) is 5.16. The zero-order chi connectivity index (χ0) is 23.4. The Kier molecular flexibility index (Phi) is 6.43. The van der Waals surface area contributed by atoms with Crippen molar-refractivity contribution in [2.24, 2.45) is 0 Å². The molecule has 1 N–H and O–H groups in total. The van der Waals surface area contributed by atoms with Gasteiger partial charge in [-0.3, -0.25) is 9.69 Å². The van der Waals surface area contributed by atoms with Gasteiger partial charge in [-0.2, -0.15) is 0 Å². The van der Waals surface area contributed by atoms with E-state index >= 15 is 0 Å². The topological polar surface area (TPSA) is 105 Å². The van der Waals surface area contributed by atoms with Gasteiger partial charge in [-0.05, 0) is 35.9 Å². The number of nitrogens with one attached hydrogen (secondary N) is 1. The molecule has 2 aliphatic heterocycles. The lowest BCUT2D eigenvalue weighted by molar-refractivity contribution is -0.116. The summed E-state index contributed by atoms with van der Waals surface area (Å²) in [4.78, 5) is 26.1. The van der Waals surface area contributed by atoms with Gasteiger partial charge in [0.1, 0.15) is 6.10 Å². The SMILES string of the molecule is COc1cc(C=CC(=O)NCC2CN(c3ccc4c(c3)OCO4)C(=O)O2)cc(OC)c1OC. The van der Waals surface area contributed by atoms with E-state index < -0.39 is 12.2 Å². The molecule has 1 atom stereocenters. The minimum atomic E-state index is -0.485. The van der Waals surface area contributed by atoms with Crippen LogP contribution < -0.4 is 33.9 Å². The first kappa shape index (κ1) is 22.1. The highest BCUT2D eigenvalue weighted by atomic mass is 16.7. The molecule has 2 aliphatic rings. The third kappa shape index (κ3) is 4.74. The quantitative estimate of drug-likeness (QED) is 0.605. The van der Waals surface area contributed by atoms with E-state index in [0.717, 1.165) is 0 Å². The third-order valence-electron chi connectivity index (χ3n) is 5.16. The van der Waals surface area contributed by atoms with Crippen molar-refractivity contribution in [3.05, 3.63) is 42.0 Å². The lowest BCUT2D eigenvalue weighted by Crippen LogP contribution is -2.33. The molecule has 10 nitrogen and oxygen atoms in total. The van der Waals surface area contributed by atoms with Crippen LogP contribution in [0.4, 0.5) is 10.5 Å². The summed E-state index contributed by atoms with van der Waals surface area (Å²) in [7, 11) is 4.56. The number of ether oxygens (including phenoxy) is 6. The summed E-state index contributed by atoms with van der Waals surface area (Å²) < 4.78 is 31.9. The van der Waals surface area contributed by atoms with Crippen molar-refractivity contribution >= 4 is 23.8 Å². The van der Waals surface area contributed by atoms with Gasteiger partial charge in [-0.15, -0.1) is 0 Å². The number of hydrogen-bond acceptors (Lipinski definition) is 8. The zero-order valence-corrected chi connectivity index (χ0v) is 18.5. The Balaban J connectivity index is 1.34. The van der Waals surface area contributed by atoms with Gasteiger partial charge < -0.3 is 33.7 Å². The molecular weight excluding hydrogens is 432 g/mol. The number of fused-ring (bicyclic) bond motifs is 1. The maximum absolute atomic E-state index is 12.3. The van der Waals surface area contributed by atoms with Gasteiger partial charge in [0, 0.05) is 12.1 Å². The molecule has 4 rings (SSSR count). The maximum Gasteiger partial charge on any atom is 0.414 e. The second kappa shape index (κ2) is 9.60. The predicted molar refractivity (Wildman–Crippen MR) is 118 cm³/mol. The number of benzene rings is 2. The molecular formula is C23H24N2O8. The molecule has 2 amide bonds. The summed E-state index contributed by atoms with van der Waals surface area (Å²) in [6.45, 7) is 0.627. The molecule has 33 heavy (non-hydrogen) atoms. The van der Waals surface area contributed by atoms with E-state index in [1.54, 1.807) is 36.4 Å². The molecule has 0 saturated carbocycles. The zero-order valence-electron chi connectivity index (χ0n) is 18.5. The summed E-state index contributed by atoms with van der Waals surface area (Å²) >= 11 is 0. The Morgan fingerprint density at radius 3 is 2.52 bits per heavy atom. The van der Waals surface area contributed by atoms with Gasteiger partial charge in [0.2, 0.25) is 18.4 Å². The molecule has 0 radical (unpaired) electrons. The van der Waals surface area contributed by atoms with Crippen molar-refractivity contribution in [2.75, 3.05) is 46.1 Å². The molecule has 0 bridgehead atoms. The highest BCUT2D eigenvalue weighted by Gasteiger charge is 2.33. The summed E-state index contributed by atoms with van der Waals surface area (Å²) in [6.07, 6.45) is 2.04. The van der Waals surface area contributed by atoms with Crippen molar-refractivity contribution in [3.8, 4) is 28.7 Å². The Labute approximate surface area is 190 Å². The molecule has 0 aliphatic carbocycles. The number of hydrogen-bond donors (Lipinski definition) is 1. The van der Waals surface area contributed by atoms with E-state index in [2.05, 4.69) is 5.32 Å². The van der Waals surface area contributed by atoms with Crippen LogP contribution >= 0.6 is 0 Å². The largest absolute Gasteiger partial charge is 0.493 e.